The number of aliphatic hydroxyl groups is 1. The summed E-state index contributed by atoms with van der Waals surface area (Å²) in [7, 11) is 1.67. The highest BCUT2D eigenvalue weighted by Gasteiger charge is 2.33. The Morgan fingerprint density at radius 2 is 2.00 bits per heavy atom. The molecule has 4 heteroatoms. The lowest BCUT2D eigenvalue weighted by Gasteiger charge is -2.40. The number of hydrogen-bond acceptors (Lipinski definition) is 3. The Morgan fingerprint density at radius 1 is 1.35 bits per heavy atom. The van der Waals surface area contributed by atoms with Gasteiger partial charge in [-0.1, -0.05) is 15.9 Å². The van der Waals surface area contributed by atoms with Crippen molar-refractivity contribution in [2.24, 2.45) is 0 Å². The molecule has 1 aliphatic heterocycles. The molecule has 0 aromatic heterocycles. The van der Waals surface area contributed by atoms with Gasteiger partial charge in [-0.3, -0.25) is 0 Å². The molecule has 0 saturated carbocycles. The molecule has 1 saturated heterocycles. The van der Waals surface area contributed by atoms with E-state index in [-0.39, 0.29) is 0 Å². The van der Waals surface area contributed by atoms with Gasteiger partial charge in [0.25, 0.3) is 0 Å². The molecule has 0 radical (unpaired) electrons. The average Bonchev–Trinajstić information content (AvgIpc) is 2.41. The van der Waals surface area contributed by atoms with Crippen LogP contribution >= 0.6 is 15.9 Å². The molecule has 3 nitrogen and oxygen atoms in total. The summed E-state index contributed by atoms with van der Waals surface area (Å²) in [5.41, 5.74) is 0.519. The van der Waals surface area contributed by atoms with Gasteiger partial charge in [0.05, 0.1) is 12.7 Å². The van der Waals surface area contributed by atoms with Crippen LogP contribution in [0.25, 0.3) is 0 Å². The lowest BCUT2D eigenvalue weighted by atomic mass is 9.85. The quantitative estimate of drug-likeness (QED) is 0.912. The zero-order valence-electron chi connectivity index (χ0n) is 12.5. The summed E-state index contributed by atoms with van der Waals surface area (Å²) in [5, 5.41) is 10.8. The number of methoxy groups -OCH3 is 1. The molecule has 1 N–H and O–H groups in total. The number of piperidine rings is 1. The van der Waals surface area contributed by atoms with E-state index in [0.29, 0.717) is 12.5 Å². The second-order valence-corrected chi connectivity index (χ2v) is 6.84. The SMILES string of the molecule is COc1ccc(Br)c(CC2(O)CCN(C(C)C)CC2)c1. The Balaban J connectivity index is 2.06. The van der Waals surface area contributed by atoms with Crippen LogP contribution in [0.2, 0.25) is 0 Å². The van der Waals surface area contributed by atoms with Gasteiger partial charge in [0.1, 0.15) is 5.75 Å². The number of ether oxygens (including phenoxy) is 1. The van der Waals surface area contributed by atoms with Crippen LogP contribution in [0.1, 0.15) is 32.3 Å². The molecular weight excluding hydrogens is 318 g/mol. The number of nitrogens with zero attached hydrogens (tertiary/aromatic N) is 1. The van der Waals surface area contributed by atoms with E-state index in [1.807, 2.05) is 18.2 Å². The molecule has 20 heavy (non-hydrogen) atoms. The molecule has 0 spiro atoms. The average molecular weight is 342 g/mol. The second kappa shape index (κ2) is 6.46. The first-order valence-electron chi connectivity index (χ1n) is 7.22. The third-order valence-corrected chi connectivity index (χ3v) is 5.01. The molecule has 0 amide bonds. The van der Waals surface area contributed by atoms with Crippen LogP contribution in [0.5, 0.6) is 5.75 Å². The van der Waals surface area contributed by atoms with Gasteiger partial charge < -0.3 is 14.7 Å². The number of likely N-dealkylation sites (tertiary alicyclic amines) is 1. The van der Waals surface area contributed by atoms with Gasteiger partial charge in [-0.05, 0) is 50.5 Å². The fourth-order valence-corrected chi connectivity index (χ4v) is 3.19. The number of halogens is 1. The lowest BCUT2D eigenvalue weighted by Crippen LogP contribution is -2.47. The third-order valence-electron chi connectivity index (χ3n) is 4.23. The van der Waals surface area contributed by atoms with Crippen molar-refractivity contribution in [1.29, 1.82) is 0 Å². The third kappa shape index (κ3) is 3.74. The standard InChI is InChI=1S/C16H24BrNO2/c1-12(2)18-8-6-16(19,7-9-18)11-13-10-14(20-3)4-5-15(13)17/h4-5,10,12,19H,6-9,11H2,1-3H3. The summed E-state index contributed by atoms with van der Waals surface area (Å²) in [6, 6.07) is 6.49. The minimum absolute atomic E-state index is 0.558. The molecule has 0 bridgehead atoms. The second-order valence-electron chi connectivity index (χ2n) is 5.99. The van der Waals surface area contributed by atoms with Crippen LogP contribution in [0.4, 0.5) is 0 Å². The molecule has 1 heterocycles. The van der Waals surface area contributed by atoms with E-state index < -0.39 is 5.60 Å². The Kier molecular flexibility index (Phi) is 5.10. The van der Waals surface area contributed by atoms with E-state index in [2.05, 4.69) is 34.7 Å². The molecule has 1 aliphatic rings. The number of benzene rings is 1. The fourth-order valence-electron chi connectivity index (χ4n) is 2.80. The summed E-state index contributed by atoms with van der Waals surface area (Å²) in [4.78, 5) is 2.43. The Morgan fingerprint density at radius 3 is 2.55 bits per heavy atom. The first-order chi connectivity index (χ1) is 9.43. The van der Waals surface area contributed by atoms with Crippen LogP contribution in [0, 0.1) is 0 Å². The van der Waals surface area contributed by atoms with Crippen LogP contribution < -0.4 is 4.74 Å². The molecule has 1 aromatic carbocycles. The summed E-state index contributed by atoms with van der Waals surface area (Å²) in [5.74, 6) is 0.839. The first-order valence-corrected chi connectivity index (χ1v) is 8.02. The van der Waals surface area contributed by atoms with Crippen molar-refractivity contribution < 1.29 is 9.84 Å². The molecule has 0 aliphatic carbocycles. The van der Waals surface area contributed by atoms with Crippen LogP contribution in [-0.4, -0.2) is 41.8 Å². The molecule has 1 fully saturated rings. The summed E-state index contributed by atoms with van der Waals surface area (Å²) in [6.07, 6.45) is 2.33. The Labute approximate surface area is 130 Å². The van der Waals surface area contributed by atoms with E-state index >= 15 is 0 Å². The maximum Gasteiger partial charge on any atom is 0.119 e. The van der Waals surface area contributed by atoms with Gasteiger partial charge in [-0.25, -0.2) is 0 Å². The predicted octanol–water partition coefficient (Wildman–Crippen LogP) is 3.24. The maximum atomic E-state index is 10.8. The van der Waals surface area contributed by atoms with E-state index in [9.17, 15) is 5.11 Å². The van der Waals surface area contributed by atoms with Crippen molar-refractivity contribution >= 4 is 15.9 Å². The summed E-state index contributed by atoms with van der Waals surface area (Å²) >= 11 is 3.57. The van der Waals surface area contributed by atoms with E-state index in [1.165, 1.54) is 0 Å². The summed E-state index contributed by atoms with van der Waals surface area (Å²) in [6.45, 7) is 6.36. The highest BCUT2D eigenvalue weighted by atomic mass is 79.9. The first kappa shape index (κ1) is 15.8. The molecular formula is C16H24BrNO2. The van der Waals surface area contributed by atoms with Gasteiger partial charge in [-0.2, -0.15) is 0 Å². The molecule has 0 unspecified atom stereocenters. The highest BCUT2D eigenvalue weighted by molar-refractivity contribution is 9.10. The van der Waals surface area contributed by atoms with E-state index in [0.717, 1.165) is 41.7 Å². The smallest absolute Gasteiger partial charge is 0.119 e. The van der Waals surface area contributed by atoms with Gasteiger partial charge in [0.2, 0.25) is 0 Å². The topological polar surface area (TPSA) is 32.7 Å². The van der Waals surface area contributed by atoms with Crippen molar-refractivity contribution in [3.05, 3.63) is 28.2 Å². The van der Waals surface area contributed by atoms with Crippen LogP contribution in [0.3, 0.4) is 0 Å². The summed E-state index contributed by atoms with van der Waals surface area (Å²) < 4.78 is 6.31. The monoisotopic (exact) mass is 341 g/mol. The molecule has 2 rings (SSSR count). The zero-order chi connectivity index (χ0) is 14.8. The fraction of sp³-hybridized carbons (Fsp3) is 0.625. The van der Waals surface area contributed by atoms with Crippen LogP contribution in [-0.2, 0) is 6.42 Å². The Hall–Kier alpha value is -0.580. The normalized spacial score (nSPS) is 19.3. The number of rotatable bonds is 4. The predicted molar refractivity (Wildman–Crippen MR) is 85.3 cm³/mol. The van der Waals surface area contributed by atoms with E-state index in [4.69, 9.17) is 4.74 Å². The molecule has 112 valence electrons. The van der Waals surface area contributed by atoms with Gasteiger partial charge in [-0.15, -0.1) is 0 Å². The minimum atomic E-state index is -0.597. The van der Waals surface area contributed by atoms with Gasteiger partial charge in [0.15, 0.2) is 0 Å². The maximum absolute atomic E-state index is 10.8. The van der Waals surface area contributed by atoms with E-state index in [1.54, 1.807) is 7.11 Å². The van der Waals surface area contributed by atoms with Crippen molar-refractivity contribution in [2.75, 3.05) is 20.2 Å². The van der Waals surface area contributed by atoms with Crippen LogP contribution in [0.15, 0.2) is 22.7 Å². The van der Waals surface area contributed by atoms with Crippen molar-refractivity contribution in [3.63, 3.8) is 0 Å². The molecule has 1 aromatic rings. The largest absolute Gasteiger partial charge is 0.497 e. The Bertz CT molecular complexity index is 454. The minimum Gasteiger partial charge on any atom is -0.497 e. The van der Waals surface area contributed by atoms with Gasteiger partial charge in [0, 0.05) is 30.0 Å². The zero-order valence-corrected chi connectivity index (χ0v) is 14.1. The lowest BCUT2D eigenvalue weighted by molar-refractivity contribution is -0.0272. The van der Waals surface area contributed by atoms with Gasteiger partial charge >= 0.3 is 0 Å². The number of hydrogen-bond donors (Lipinski definition) is 1. The van der Waals surface area contributed by atoms with Crippen molar-refractivity contribution in [3.8, 4) is 5.75 Å². The highest BCUT2D eigenvalue weighted by Crippen LogP contribution is 2.31. The van der Waals surface area contributed by atoms with Crippen molar-refractivity contribution in [2.45, 2.75) is 44.8 Å². The van der Waals surface area contributed by atoms with Crippen molar-refractivity contribution in [1.82, 2.24) is 4.90 Å². The molecule has 0 atom stereocenters.